The van der Waals surface area contributed by atoms with Gasteiger partial charge < -0.3 is 14.8 Å². The fourth-order valence-electron chi connectivity index (χ4n) is 3.86. The third-order valence-corrected chi connectivity index (χ3v) is 7.53. The summed E-state index contributed by atoms with van der Waals surface area (Å²) in [5, 5.41) is 5.82. The number of esters is 2. The summed E-state index contributed by atoms with van der Waals surface area (Å²) in [6, 6.07) is 7.84. The lowest BCUT2D eigenvalue weighted by molar-refractivity contribution is -0.137. The summed E-state index contributed by atoms with van der Waals surface area (Å²) < 4.78 is 12.5. The first-order chi connectivity index (χ1) is 14.4. The fourth-order valence-corrected chi connectivity index (χ4v) is 6.25. The lowest BCUT2D eigenvalue weighted by Crippen LogP contribution is -2.33. The second kappa shape index (κ2) is 7.70. The molecule has 154 valence electrons. The highest BCUT2D eigenvalue weighted by molar-refractivity contribution is 7.31. The molecule has 2 aromatic heterocycles. The van der Waals surface area contributed by atoms with Gasteiger partial charge in [-0.25, -0.2) is 9.59 Å². The van der Waals surface area contributed by atoms with Crippen molar-refractivity contribution in [2.24, 2.45) is 0 Å². The maximum Gasteiger partial charge on any atom is 0.336 e. The van der Waals surface area contributed by atoms with Crippen molar-refractivity contribution >= 4 is 54.1 Å². The Hall–Kier alpha value is -2.97. The lowest BCUT2D eigenvalue weighted by atomic mass is 9.81. The molecule has 0 spiro atoms. The average Bonchev–Trinajstić information content (AvgIpc) is 3.12. The number of hydrogen-bond donors (Lipinski definition) is 1. The highest BCUT2D eigenvalue weighted by atomic mass is 32.1. The predicted molar refractivity (Wildman–Crippen MR) is 119 cm³/mol. The molecule has 0 saturated carbocycles. The Bertz CT molecular complexity index is 1290. The molecule has 1 N–H and O–H groups in total. The van der Waals surface area contributed by atoms with Crippen LogP contribution in [0.5, 0.6) is 0 Å². The number of hydrogen-bond acceptors (Lipinski definition) is 8. The molecule has 0 fully saturated rings. The lowest BCUT2D eigenvalue weighted by Gasteiger charge is -2.29. The van der Waals surface area contributed by atoms with E-state index in [9.17, 15) is 14.4 Å². The van der Waals surface area contributed by atoms with Gasteiger partial charge in [0.1, 0.15) is 0 Å². The number of carbonyl (C=O) groups excluding carboxylic acids is 2. The minimum atomic E-state index is -0.871. The molecule has 1 aromatic carbocycles. The van der Waals surface area contributed by atoms with E-state index in [-0.39, 0.29) is 16.6 Å². The molecule has 30 heavy (non-hydrogen) atoms. The molecule has 0 saturated heterocycles. The summed E-state index contributed by atoms with van der Waals surface area (Å²) in [5.41, 5.74) is 1.71. The van der Waals surface area contributed by atoms with Gasteiger partial charge in [0.25, 0.3) is 0 Å². The Kier molecular flexibility index (Phi) is 5.21. The number of rotatable bonds is 3. The summed E-state index contributed by atoms with van der Waals surface area (Å²) in [6.45, 7) is 3.45. The first-order valence-corrected chi connectivity index (χ1v) is 10.9. The summed E-state index contributed by atoms with van der Waals surface area (Å²) in [7, 11) is 2.55. The zero-order valence-electron chi connectivity index (χ0n) is 16.8. The molecule has 1 aliphatic heterocycles. The van der Waals surface area contributed by atoms with Crippen LogP contribution in [0.15, 0.2) is 57.0 Å². The van der Waals surface area contributed by atoms with E-state index in [4.69, 9.17) is 9.47 Å². The molecule has 1 aliphatic rings. The van der Waals surface area contributed by atoms with Gasteiger partial charge in [-0.1, -0.05) is 18.2 Å². The van der Waals surface area contributed by atoms with Gasteiger partial charge in [-0.05, 0) is 25.3 Å². The smallest absolute Gasteiger partial charge is 0.336 e. The van der Waals surface area contributed by atoms with Crippen LogP contribution in [0.25, 0.3) is 19.5 Å². The number of thiophene rings is 1. The van der Waals surface area contributed by atoms with Crippen molar-refractivity contribution in [3.63, 3.8) is 0 Å². The highest BCUT2D eigenvalue weighted by Crippen LogP contribution is 2.41. The largest absolute Gasteiger partial charge is 0.466 e. The van der Waals surface area contributed by atoms with Crippen LogP contribution in [0, 0.1) is 0 Å². The monoisotopic (exact) mass is 441 g/mol. The topological polar surface area (TPSA) is 81.7 Å². The van der Waals surface area contributed by atoms with Crippen LogP contribution in [-0.2, 0) is 19.1 Å². The zero-order chi connectivity index (χ0) is 21.6. The van der Waals surface area contributed by atoms with Crippen molar-refractivity contribution in [3.05, 3.63) is 68.0 Å². The Morgan fingerprint density at radius 1 is 0.967 bits per heavy atom. The van der Waals surface area contributed by atoms with Crippen LogP contribution in [0.2, 0.25) is 0 Å². The molecule has 0 radical (unpaired) electrons. The van der Waals surface area contributed by atoms with E-state index in [0.717, 1.165) is 14.8 Å². The third-order valence-electron chi connectivity index (χ3n) is 5.20. The van der Waals surface area contributed by atoms with Crippen LogP contribution >= 0.6 is 22.7 Å². The predicted octanol–water partition coefficient (Wildman–Crippen LogP) is 4.06. The SMILES string of the molecule is COC(=O)C1=C(C)NC(C)=C(C(=O)OC)C1c1csc2c(sc3ccccc32)c1=O. The van der Waals surface area contributed by atoms with Crippen LogP contribution in [0.4, 0.5) is 0 Å². The summed E-state index contributed by atoms with van der Waals surface area (Å²) in [6.07, 6.45) is 0. The van der Waals surface area contributed by atoms with Crippen molar-refractivity contribution in [1.29, 1.82) is 0 Å². The van der Waals surface area contributed by atoms with E-state index in [1.54, 1.807) is 19.2 Å². The molecular weight excluding hydrogens is 422 g/mol. The first-order valence-electron chi connectivity index (χ1n) is 9.17. The molecule has 0 atom stereocenters. The highest BCUT2D eigenvalue weighted by Gasteiger charge is 2.39. The maximum atomic E-state index is 13.6. The van der Waals surface area contributed by atoms with Gasteiger partial charge >= 0.3 is 11.9 Å². The van der Waals surface area contributed by atoms with E-state index in [1.165, 1.54) is 36.9 Å². The normalized spacial score (nSPS) is 14.9. The average molecular weight is 442 g/mol. The van der Waals surface area contributed by atoms with Crippen molar-refractivity contribution in [3.8, 4) is 0 Å². The second-order valence-corrected chi connectivity index (χ2v) is 8.83. The van der Waals surface area contributed by atoms with Gasteiger partial charge in [-0.15, -0.1) is 22.7 Å². The summed E-state index contributed by atoms with van der Waals surface area (Å²) >= 11 is 2.85. The number of allylic oxidation sites excluding steroid dienone is 2. The Morgan fingerprint density at radius 2 is 1.57 bits per heavy atom. The Labute approximate surface area is 180 Å². The van der Waals surface area contributed by atoms with E-state index >= 15 is 0 Å². The van der Waals surface area contributed by atoms with E-state index in [0.29, 0.717) is 21.7 Å². The number of methoxy groups -OCH3 is 2. The van der Waals surface area contributed by atoms with Gasteiger partial charge in [0.2, 0.25) is 5.43 Å². The number of fused-ring (bicyclic) bond motifs is 3. The molecule has 0 unspecified atom stereocenters. The van der Waals surface area contributed by atoms with Gasteiger partial charge in [0, 0.05) is 27.0 Å². The molecule has 0 aliphatic carbocycles. The van der Waals surface area contributed by atoms with Gasteiger partial charge in [-0.3, -0.25) is 4.79 Å². The van der Waals surface area contributed by atoms with Gasteiger partial charge in [0.05, 0.1) is 40.7 Å². The zero-order valence-corrected chi connectivity index (χ0v) is 18.5. The molecule has 3 aromatic rings. The first kappa shape index (κ1) is 20.3. The molecule has 8 heteroatoms. The third kappa shape index (κ3) is 3.03. The standard InChI is InChI=1S/C22H19NO5S2/c1-10-15(21(25)27-3)17(16(11(2)23-10)22(26)28-4)13-9-29-19-12-7-5-6-8-14(12)30-20(19)18(13)24/h5-9,17,23H,1-4H3. The molecular formula is C22H19NO5S2. The van der Waals surface area contributed by atoms with E-state index < -0.39 is 17.9 Å². The molecule has 3 heterocycles. The van der Waals surface area contributed by atoms with Gasteiger partial charge in [-0.2, -0.15) is 0 Å². The molecule has 0 amide bonds. The quantitative estimate of drug-likeness (QED) is 0.618. The number of carbonyl (C=O) groups is 2. The van der Waals surface area contributed by atoms with E-state index in [1.807, 2.05) is 24.3 Å². The molecule has 0 bridgehead atoms. The Balaban J connectivity index is 2.03. The maximum absolute atomic E-state index is 13.6. The number of ether oxygens (including phenoxy) is 2. The summed E-state index contributed by atoms with van der Waals surface area (Å²) in [4.78, 5) is 38.9. The van der Waals surface area contributed by atoms with Crippen molar-refractivity contribution in [2.45, 2.75) is 19.8 Å². The Morgan fingerprint density at radius 3 is 2.17 bits per heavy atom. The number of dihydropyridines is 1. The number of benzene rings is 1. The minimum absolute atomic E-state index is 0.194. The van der Waals surface area contributed by atoms with Crippen molar-refractivity contribution < 1.29 is 19.1 Å². The minimum Gasteiger partial charge on any atom is -0.466 e. The number of nitrogens with one attached hydrogen (secondary N) is 1. The van der Waals surface area contributed by atoms with Crippen molar-refractivity contribution in [2.75, 3.05) is 14.2 Å². The molecule has 4 rings (SSSR count). The van der Waals surface area contributed by atoms with E-state index in [2.05, 4.69) is 5.32 Å². The van der Waals surface area contributed by atoms with Crippen LogP contribution in [0.1, 0.15) is 25.3 Å². The van der Waals surface area contributed by atoms with Crippen molar-refractivity contribution in [1.82, 2.24) is 5.32 Å². The van der Waals surface area contributed by atoms with Crippen LogP contribution < -0.4 is 10.7 Å². The van der Waals surface area contributed by atoms with Gasteiger partial charge in [0.15, 0.2) is 0 Å². The summed E-state index contributed by atoms with van der Waals surface area (Å²) in [5.74, 6) is -2.07. The second-order valence-electron chi connectivity index (χ2n) is 6.90. The fraction of sp³-hybridized carbons (Fsp3) is 0.227. The van der Waals surface area contributed by atoms with Crippen LogP contribution in [-0.4, -0.2) is 26.2 Å². The molecule has 6 nitrogen and oxygen atoms in total. The van der Waals surface area contributed by atoms with Crippen LogP contribution in [0.3, 0.4) is 0 Å².